The maximum Gasteiger partial charge on any atom is 0.142 e. The molecule has 1 aliphatic carbocycles. The summed E-state index contributed by atoms with van der Waals surface area (Å²) in [5, 5.41) is 9.80. The first-order valence-corrected chi connectivity index (χ1v) is 14.6. The van der Waals surface area contributed by atoms with Crippen LogP contribution in [-0.4, -0.2) is 48.0 Å². The number of benzene rings is 3. The van der Waals surface area contributed by atoms with Crippen molar-refractivity contribution in [3.05, 3.63) is 112 Å². The number of hydrogen-bond acceptors (Lipinski definition) is 6. The molecule has 6 nitrogen and oxygen atoms in total. The Labute approximate surface area is 250 Å². The molecule has 1 atom stereocenters. The molecule has 4 aromatic rings. The number of pyridine rings is 1. The van der Waals surface area contributed by atoms with E-state index in [9.17, 15) is 9.65 Å². The molecule has 0 unspecified atom stereocenters. The first-order valence-electron chi connectivity index (χ1n) is 14.2. The minimum absolute atomic E-state index is 0.211. The molecule has 0 radical (unpaired) electrons. The van der Waals surface area contributed by atoms with Crippen LogP contribution in [0.2, 0.25) is 5.02 Å². The second kappa shape index (κ2) is 12.5. The van der Waals surface area contributed by atoms with Gasteiger partial charge in [-0.05, 0) is 54.8 Å². The van der Waals surface area contributed by atoms with Crippen molar-refractivity contribution in [1.82, 2.24) is 14.8 Å². The van der Waals surface area contributed by atoms with Crippen molar-refractivity contribution in [3.8, 4) is 28.7 Å². The van der Waals surface area contributed by atoms with Gasteiger partial charge in [0.1, 0.15) is 36.1 Å². The van der Waals surface area contributed by atoms with Crippen molar-refractivity contribution in [2.75, 3.05) is 33.2 Å². The van der Waals surface area contributed by atoms with Gasteiger partial charge in [-0.2, -0.15) is 5.26 Å². The van der Waals surface area contributed by atoms with E-state index in [1.165, 1.54) is 12.3 Å². The van der Waals surface area contributed by atoms with Gasteiger partial charge < -0.3 is 14.4 Å². The van der Waals surface area contributed by atoms with Crippen LogP contribution in [0.3, 0.4) is 0 Å². The fourth-order valence-corrected chi connectivity index (χ4v) is 6.01. The number of likely N-dealkylation sites (N-methyl/N-ethyl adjacent to an activating group) is 1. The topological polar surface area (TPSA) is 61.6 Å². The predicted molar refractivity (Wildman–Crippen MR) is 161 cm³/mol. The number of ether oxygens (including phenoxy) is 2. The lowest BCUT2D eigenvalue weighted by Gasteiger charge is -2.32. The van der Waals surface area contributed by atoms with Crippen molar-refractivity contribution >= 4 is 11.6 Å². The van der Waals surface area contributed by atoms with Gasteiger partial charge in [0.05, 0.1) is 10.6 Å². The van der Waals surface area contributed by atoms with Crippen molar-refractivity contribution < 1.29 is 13.9 Å². The number of nitriles is 1. The normalized spacial score (nSPS) is 17.0. The third-order valence-electron chi connectivity index (χ3n) is 8.07. The molecule has 2 heterocycles. The Morgan fingerprint density at radius 1 is 1.00 bits per heavy atom. The number of hydrogen-bond donors (Lipinski definition) is 0. The summed E-state index contributed by atoms with van der Waals surface area (Å²) in [6.07, 6.45) is 4.58. The summed E-state index contributed by atoms with van der Waals surface area (Å²) >= 11 is 6.85. The minimum atomic E-state index is -0.230. The number of fused-ring (bicyclic) bond motifs is 1. The summed E-state index contributed by atoms with van der Waals surface area (Å²) in [5.74, 6) is 1.01. The van der Waals surface area contributed by atoms with E-state index in [0.29, 0.717) is 34.2 Å². The van der Waals surface area contributed by atoms with Gasteiger partial charge in [0.2, 0.25) is 0 Å². The lowest BCUT2D eigenvalue weighted by molar-refractivity contribution is 0.146. The summed E-state index contributed by atoms with van der Waals surface area (Å²) in [4.78, 5) is 8.88. The highest BCUT2D eigenvalue weighted by atomic mass is 35.5. The SMILES string of the molecule is CN1CCN(Cc2cc(Cl)c(O[C@H]3CCc4c(-c5ccccc5F)cccc43)cc2OCc2cncc(C#N)c2)CC1. The maximum atomic E-state index is 14.7. The minimum Gasteiger partial charge on any atom is -0.488 e. The third-order valence-corrected chi connectivity index (χ3v) is 8.37. The Balaban J connectivity index is 1.28. The van der Waals surface area contributed by atoms with Crippen LogP contribution in [0, 0.1) is 17.1 Å². The van der Waals surface area contributed by atoms with Gasteiger partial charge in [0, 0.05) is 67.9 Å². The van der Waals surface area contributed by atoms with Crippen LogP contribution in [0.1, 0.15) is 40.3 Å². The highest BCUT2D eigenvalue weighted by Gasteiger charge is 2.28. The molecule has 1 saturated heterocycles. The number of nitrogens with zero attached hydrogens (tertiary/aromatic N) is 4. The molecule has 0 saturated carbocycles. The van der Waals surface area contributed by atoms with Gasteiger partial charge in [-0.25, -0.2) is 4.39 Å². The molecule has 0 N–H and O–H groups in total. The molecule has 0 amide bonds. The van der Waals surface area contributed by atoms with Crippen molar-refractivity contribution in [1.29, 1.82) is 5.26 Å². The molecule has 8 heteroatoms. The molecule has 42 heavy (non-hydrogen) atoms. The molecule has 214 valence electrons. The van der Waals surface area contributed by atoms with Crippen LogP contribution in [0.25, 0.3) is 11.1 Å². The first kappa shape index (κ1) is 28.2. The number of rotatable bonds is 8. The van der Waals surface area contributed by atoms with E-state index in [1.807, 2.05) is 36.4 Å². The molecular weight excluding hydrogens is 551 g/mol. The zero-order valence-electron chi connectivity index (χ0n) is 23.5. The molecule has 2 aliphatic rings. The van der Waals surface area contributed by atoms with Crippen molar-refractivity contribution in [2.45, 2.75) is 32.1 Å². The van der Waals surface area contributed by atoms with Crippen molar-refractivity contribution in [3.63, 3.8) is 0 Å². The van der Waals surface area contributed by atoms with Gasteiger partial charge in [-0.3, -0.25) is 9.88 Å². The highest BCUT2D eigenvalue weighted by Crippen LogP contribution is 2.43. The number of halogens is 2. The van der Waals surface area contributed by atoms with Gasteiger partial charge in [0.15, 0.2) is 0 Å². The number of piperazine rings is 1. The smallest absolute Gasteiger partial charge is 0.142 e. The van der Waals surface area contributed by atoms with Gasteiger partial charge in [0.25, 0.3) is 0 Å². The Morgan fingerprint density at radius 3 is 2.62 bits per heavy atom. The Morgan fingerprint density at radius 2 is 1.81 bits per heavy atom. The Bertz CT molecular complexity index is 1630. The monoisotopic (exact) mass is 582 g/mol. The lowest BCUT2D eigenvalue weighted by Crippen LogP contribution is -2.43. The zero-order chi connectivity index (χ0) is 29.1. The quantitative estimate of drug-likeness (QED) is 0.228. The fraction of sp³-hybridized carbons (Fsp3) is 0.294. The van der Waals surface area contributed by atoms with Crippen LogP contribution in [0.5, 0.6) is 11.5 Å². The fourth-order valence-electron chi connectivity index (χ4n) is 5.78. The molecule has 0 bridgehead atoms. The standard InChI is InChI=1S/C34H32ClFN4O2/c1-39-11-13-40(14-12-39)21-25-16-30(35)34(17-33(25)41-22-24-15-23(18-37)19-38-20-24)42-32-10-9-27-26(6-4-7-29(27)32)28-5-2-3-8-31(28)36/h2-8,15-17,19-20,32H,9-14,21-22H2,1H3/t32-/m0/s1. The van der Waals surface area contributed by atoms with E-state index in [1.54, 1.807) is 18.3 Å². The number of aromatic nitrogens is 1. The highest BCUT2D eigenvalue weighted by molar-refractivity contribution is 6.32. The summed E-state index contributed by atoms with van der Waals surface area (Å²) < 4.78 is 27.6. The largest absolute Gasteiger partial charge is 0.488 e. The zero-order valence-corrected chi connectivity index (χ0v) is 24.3. The molecule has 0 spiro atoms. The van der Waals surface area contributed by atoms with Gasteiger partial charge in [-0.15, -0.1) is 0 Å². The van der Waals surface area contributed by atoms with Crippen molar-refractivity contribution in [2.24, 2.45) is 0 Å². The summed E-state index contributed by atoms with van der Waals surface area (Å²) in [5.41, 5.74) is 5.95. The van der Waals surface area contributed by atoms with Crippen LogP contribution in [-0.2, 0) is 19.6 Å². The van der Waals surface area contributed by atoms with E-state index < -0.39 is 0 Å². The Kier molecular flexibility index (Phi) is 8.38. The van der Waals surface area contributed by atoms with Gasteiger partial charge in [-0.1, -0.05) is 48.0 Å². The molecule has 6 rings (SSSR count). The van der Waals surface area contributed by atoms with E-state index in [-0.39, 0.29) is 18.5 Å². The van der Waals surface area contributed by atoms with Crippen LogP contribution in [0.15, 0.2) is 73.1 Å². The summed E-state index contributed by atoms with van der Waals surface area (Å²) in [6.45, 7) is 4.91. The molecule has 1 aromatic heterocycles. The van der Waals surface area contributed by atoms with Gasteiger partial charge >= 0.3 is 0 Å². The van der Waals surface area contributed by atoms with E-state index in [0.717, 1.165) is 66.8 Å². The van der Waals surface area contributed by atoms with E-state index in [2.05, 4.69) is 34.0 Å². The second-order valence-corrected chi connectivity index (χ2v) is 11.4. The van der Waals surface area contributed by atoms with E-state index >= 15 is 0 Å². The summed E-state index contributed by atoms with van der Waals surface area (Å²) in [7, 11) is 2.14. The molecular formula is C34H32ClFN4O2. The predicted octanol–water partition coefficient (Wildman–Crippen LogP) is 6.81. The van der Waals surface area contributed by atoms with Crippen LogP contribution >= 0.6 is 11.6 Å². The first-order chi connectivity index (χ1) is 20.5. The van der Waals surface area contributed by atoms with E-state index in [4.69, 9.17) is 21.1 Å². The average Bonchev–Trinajstić information content (AvgIpc) is 3.42. The second-order valence-electron chi connectivity index (χ2n) is 11.0. The average molecular weight is 583 g/mol. The molecule has 1 fully saturated rings. The molecule has 3 aromatic carbocycles. The Hall–Kier alpha value is -3.96. The summed E-state index contributed by atoms with van der Waals surface area (Å²) in [6, 6.07) is 20.6. The maximum absolute atomic E-state index is 14.7. The third kappa shape index (κ3) is 6.12. The molecule has 1 aliphatic heterocycles. The van der Waals surface area contributed by atoms with Crippen LogP contribution in [0.4, 0.5) is 4.39 Å². The van der Waals surface area contributed by atoms with Crippen LogP contribution < -0.4 is 9.47 Å². The lowest BCUT2D eigenvalue weighted by atomic mass is 9.96.